The quantitative estimate of drug-likeness (QED) is 0.612. The minimum atomic E-state index is 0.0171. The summed E-state index contributed by atoms with van der Waals surface area (Å²) in [4.78, 5) is 33.1. The molecule has 2 aromatic rings. The fourth-order valence-corrected chi connectivity index (χ4v) is 4.11. The van der Waals surface area contributed by atoms with Crippen molar-refractivity contribution in [3.8, 4) is 5.75 Å². The molecular weight excluding hydrogens is 396 g/mol. The molecule has 2 heterocycles. The lowest BCUT2D eigenvalue weighted by Gasteiger charge is -2.27. The zero-order valence-corrected chi connectivity index (χ0v) is 18.2. The Kier molecular flexibility index (Phi) is 6.53. The molecule has 1 saturated heterocycles. The molecular formula is C23H30N4O4. The van der Waals surface area contributed by atoms with E-state index >= 15 is 0 Å². The molecule has 0 N–H and O–H groups in total. The number of likely N-dealkylation sites (tertiary alicyclic amines) is 1. The lowest BCUT2D eigenvalue weighted by molar-refractivity contribution is -0.133. The molecule has 1 aromatic heterocycles. The lowest BCUT2D eigenvalue weighted by atomic mass is 10.1. The monoisotopic (exact) mass is 426 g/mol. The second-order valence-electron chi connectivity index (χ2n) is 8.42. The first-order valence-electron chi connectivity index (χ1n) is 11.0. The van der Waals surface area contributed by atoms with E-state index in [2.05, 4.69) is 10.1 Å². The third-order valence-electron chi connectivity index (χ3n) is 6.13. The molecule has 2 aliphatic rings. The molecule has 2 amide bonds. The number of methoxy groups -OCH3 is 1. The molecule has 1 saturated carbocycles. The van der Waals surface area contributed by atoms with Gasteiger partial charge in [0.15, 0.2) is 5.82 Å². The number of hydrogen-bond acceptors (Lipinski definition) is 6. The van der Waals surface area contributed by atoms with Crippen LogP contribution in [0.25, 0.3) is 0 Å². The van der Waals surface area contributed by atoms with E-state index in [9.17, 15) is 9.59 Å². The van der Waals surface area contributed by atoms with Crippen LogP contribution < -0.4 is 4.74 Å². The van der Waals surface area contributed by atoms with Gasteiger partial charge in [-0.25, -0.2) is 0 Å². The van der Waals surface area contributed by atoms with Crippen molar-refractivity contribution >= 4 is 11.8 Å². The minimum absolute atomic E-state index is 0.0171. The predicted molar refractivity (Wildman–Crippen MR) is 114 cm³/mol. The highest BCUT2D eigenvalue weighted by Crippen LogP contribution is 2.38. The highest BCUT2D eigenvalue weighted by Gasteiger charge is 2.32. The van der Waals surface area contributed by atoms with Crippen LogP contribution >= 0.6 is 0 Å². The molecule has 2 fully saturated rings. The van der Waals surface area contributed by atoms with Gasteiger partial charge in [-0.1, -0.05) is 17.3 Å². The number of ether oxygens (including phenoxy) is 1. The van der Waals surface area contributed by atoms with Gasteiger partial charge in [0.2, 0.25) is 17.7 Å². The average molecular weight is 427 g/mol. The number of carbonyl (C=O) groups is 2. The van der Waals surface area contributed by atoms with E-state index in [1.54, 1.807) is 14.0 Å². The zero-order valence-electron chi connectivity index (χ0n) is 18.2. The first-order chi connectivity index (χ1) is 15.0. The summed E-state index contributed by atoms with van der Waals surface area (Å²) in [5.41, 5.74) is 1.11. The summed E-state index contributed by atoms with van der Waals surface area (Å²) in [6.45, 7) is 3.39. The van der Waals surface area contributed by atoms with Crippen LogP contribution in [0.1, 0.15) is 55.8 Å². The van der Waals surface area contributed by atoms with Gasteiger partial charge >= 0.3 is 0 Å². The maximum atomic E-state index is 12.7. The Morgan fingerprint density at radius 1 is 1.19 bits per heavy atom. The standard InChI is InChI=1S/C23H30N4O4/c1-16(28)27(14-12-21-24-23(31-25-21)18-6-7-18)19-11-13-26(15-19)22(29)10-5-17-3-8-20(30-2)9-4-17/h3-4,8-9,18-19H,5-7,10-15H2,1-2H3. The normalized spacial score (nSPS) is 18.3. The third-order valence-corrected chi connectivity index (χ3v) is 6.13. The van der Waals surface area contributed by atoms with E-state index in [1.165, 1.54) is 0 Å². The largest absolute Gasteiger partial charge is 0.497 e. The Hall–Kier alpha value is -2.90. The number of nitrogens with zero attached hydrogens (tertiary/aromatic N) is 4. The first kappa shape index (κ1) is 21.3. The number of aryl methyl sites for hydroxylation is 1. The second kappa shape index (κ2) is 9.49. The molecule has 1 atom stereocenters. The Morgan fingerprint density at radius 2 is 1.97 bits per heavy atom. The van der Waals surface area contributed by atoms with Crippen molar-refractivity contribution in [3.63, 3.8) is 0 Å². The van der Waals surface area contributed by atoms with Crippen molar-refractivity contribution in [3.05, 3.63) is 41.5 Å². The van der Waals surface area contributed by atoms with E-state index in [-0.39, 0.29) is 17.9 Å². The smallest absolute Gasteiger partial charge is 0.229 e. The molecule has 1 unspecified atom stereocenters. The van der Waals surface area contributed by atoms with Crippen molar-refractivity contribution in [2.45, 2.75) is 57.4 Å². The van der Waals surface area contributed by atoms with Gasteiger partial charge in [0.1, 0.15) is 5.75 Å². The Morgan fingerprint density at radius 3 is 2.65 bits per heavy atom. The molecule has 0 bridgehead atoms. The van der Waals surface area contributed by atoms with Crippen LogP contribution in [0.4, 0.5) is 0 Å². The summed E-state index contributed by atoms with van der Waals surface area (Å²) in [6.07, 6.45) is 4.76. The average Bonchev–Trinajstić information content (AvgIpc) is 3.31. The van der Waals surface area contributed by atoms with Crippen LogP contribution in [0, 0.1) is 0 Å². The molecule has 8 nitrogen and oxygen atoms in total. The summed E-state index contributed by atoms with van der Waals surface area (Å²) < 4.78 is 10.5. The Balaban J connectivity index is 1.26. The second-order valence-corrected chi connectivity index (χ2v) is 8.42. The van der Waals surface area contributed by atoms with Gasteiger partial charge in [-0.2, -0.15) is 4.98 Å². The number of hydrogen-bond donors (Lipinski definition) is 0. The molecule has 1 aliphatic heterocycles. The van der Waals surface area contributed by atoms with Gasteiger partial charge in [0, 0.05) is 45.3 Å². The molecule has 1 aromatic carbocycles. The fourth-order valence-electron chi connectivity index (χ4n) is 4.11. The minimum Gasteiger partial charge on any atom is -0.497 e. The number of amides is 2. The predicted octanol–water partition coefficient (Wildman–Crippen LogP) is 2.58. The third kappa shape index (κ3) is 5.42. The van der Waals surface area contributed by atoms with Crippen molar-refractivity contribution in [2.24, 2.45) is 0 Å². The van der Waals surface area contributed by atoms with E-state index < -0.39 is 0 Å². The van der Waals surface area contributed by atoms with Gasteiger partial charge in [-0.3, -0.25) is 9.59 Å². The van der Waals surface area contributed by atoms with E-state index in [0.717, 1.165) is 36.5 Å². The molecule has 0 spiro atoms. The van der Waals surface area contributed by atoms with Crippen LogP contribution in [0.2, 0.25) is 0 Å². The van der Waals surface area contributed by atoms with E-state index in [0.29, 0.717) is 50.6 Å². The van der Waals surface area contributed by atoms with Gasteiger partial charge in [-0.05, 0) is 43.4 Å². The van der Waals surface area contributed by atoms with Crippen LogP contribution in [0.5, 0.6) is 5.75 Å². The SMILES string of the molecule is COc1ccc(CCC(=O)N2CCC(N(CCc3noc(C4CC4)n3)C(C)=O)C2)cc1. The summed E-state index contributed by atoms with van der Waals surface area (Å²) in [5.74, 6) is 2.76. The summed E-state index contributed by atoms with van der Waals surface area (Å²) in [7, 11) is 1.64. The fraction of sp³-hybridized carbons (Fsp3) is 0.565. The highest BCUT2D eigenvalue weighted by molar-refractivity contribution is 5.77. The molecule has 31 heavy (non-hydrogen) atoms. The molecule has 8 heteroatoms. The Bertz CT molecular complexity index is 907. The van der Waals surface area contributed by atoms with Crippen LogP contribution in [0.15, 0.2) is 28.8 Å². The number of carbonyl (C=O) groups excluding carboxylic acids is 2. The molecule has 0 radical (unpaired) electrons. The zero-order chi connectivity index (χ0) is 21.8. The number of rotatable bonds is 9. The van der Waals surface area contributed by atoms with Crippen molar-refractivity contribution < 1.29 is 18.8 Å². The molecule has 1 aliphatic carbocycles. The summed E-state index contributed by atoms with van der Waals surface area (Å²) >= 11 is 0. The van der Waals surface area contributed by atoms with E-state index in [4.69, 9.17) is 9.26 Å². The Labute approximate surface area is 182 Å². The van der Waals surface area contributed by atoms with Gasteiger partial charge in [0.25, 0.3) is 0 Å². The lowest BCUT2D eigenvalue weighted by Crippen LogP contribution is -2.42. The molecule has 166 valence electrons. The summed E-state index contributed by atoms with van der Waals surface area (Å²) in [6, 6.07) is 7.84. The number of aromatic nitrogens is 2. The van der Waals surface area contributed by atoms with Gasteiger partial charge < -0.3 is 19.1 Å². The number of benzene rings is 1. The first-order valence-corrected chi connectivity index (χ1v) is 11.0. The van der Waals surface area contributed by atoms with Crippen LogP contribution in [-0.2, 0) is 22.4 Å². The van der Waals surface area contributed by atoms with E-state index in [1.807, 2.05) is 34.1 Å². The van der Waals surface area contributed by atoms with Gasteiger partial charge in [-0.15, -0.1) is 0 Å². The van der Waals surface area contributed by atoms with Crippen molar-refractivity contribution in [1.29, 1.82) is 0 Å². The maximum Gasteiger partial charge on any atom is 0.229 e. The van der Waals surface area contributed by atoms with Crippen LogP contribution in [0.3, 0.4) is 0 Å². The van der Waals surface area contributed by atoms with Crippen molar-refractivity contribution in [1.82, 2.24) is 19.9 Å². The topological polar surface area (TPSA) is 88.8 Å². The van der Waals surface area contributed by atoms with Gasteiger partial charge in [0.05, 0.1) is 13.2 Å². The summed E-state index contributed by atoms with van der Waals surface area (Å²) in [5, 5.41) is 4.05. The van der Waals surface area contributed by atoms with Crippen molar-refractivity contribution in [2.75, 3.05) is 26.7 Å². The van der Waals surface area contributed by atoms with Crippen LogP contribution in [-0.4, -0.2) is 64.5 Å². The highest BCUT2D eigenvalue weighted by atomic mass is 16.5. The molecule has 4 rings (SSSR count). The maximum absolute atomic E-state index is 12.7.